The van der Waals surface area contributed by atoms with E-state index in [9.17, 15) is 8.42 Å². The van der Waals surface area contributed by atoms with Gasteiger partial charge in [0.2, 0.25) is 10.0 Å². The number of rotatable bonds is 5. The van der Waals surface area contributed by atoms with E-state index in [4.69, 9.17) is 10.00 Å². The molecule has 1 N–H and O–H groups in total. The highest BCUT2D eigenvalue weighted by Gasteiger charge is 2.31. The molecule has 20 heavy (non-hydrogen) atoms. The first-order valence-electron chi connectivity index (χ1n) is 6.53. The Morgan fingerprint density at radius 3 is 2.85 bits per heavy atom. The van der Waals surface area contributed by atoms with Crippen molar-refractivity contribution in [3.8, 4) is 6.07 Å². The van der Waals surface area contributed by atoms with Gasteiger partial charge in [-0.25, -0.2) is 13.1 Å². The lowest BCUT2D eigenvalue weighted by Gasteiger charge is -2.23. The molecule has 1 aliphatic rings. The summed E-state index contributed by atoms with van der Waals surface area (Å²) in [7, 11) is -3.47. The normalized spacial score (nSPS) is 22.6. The lowest BCUT2D eigenvalue weighted by atomic mass is 10.0. The number of hydrogen-bond acceptors (Lipinski definition) is 4. The molecular formula is C14H18N2O3S. The van der Waals surface area contributed by atoms with E-state index in [1.165, 1.54) is 0 Å². The molecule has 1 aliphatic heterocycles. The van der Waals surface area contributed by atoms with E-state index in [2.05, 4.69) is 4.72 Å². The summed E-state index contributed by atoms with van der Waals surface area (Å²) in [6.07, 6.45) is 1.81. The van der Waals surface area contributed by atoms with Gasteiger partial charge in [-0.3, -0.25) is 0 Å². The standard InChI is InChI=1S/C14H18N2O3S/c1-14(7-4-8-19-14)11-16-20(17,18)10-13-6-3-2-5-12(13)9-15/h2-3,5-6,16H,4,7-8,10-11H2,1H3. The lowest BCUT2D eigenvalue weighted by Crippen LogP contribution is -2.40. The first kappa shape index (κ1) is 15.0. The highest BCUT2D eigenvalue weighted by molar-refractivity contribution is 7.88. The van der Waals surface area contributed by atoms with Gasteiger partial charge in [0.25, 0.3) is 0 Å². The van der Waals surface area contributed by atoms with Crippen LogP contribution < -0.4 is 4.72 Å². The SMILES string of the molecule is CC1(CNS(=O)(=O)Cc2ccccc2C#N)CCCO1. The van der Waals surface area contributed by atoms with Crippen LogP contribution in [0.2, 0.25) is 0 Å². The van der Waals surface area contributed by atoms with Crippen LogP contribution in [0.4, 0.5) is 0 Å². The van der Waals surface area contributed by atoms with Crippen molar-refractivity contribution in [3.05, 3.63) is 35.4 Å². The molecule has 0 aliphatic carbocycles. The zero-order valence-electron chi connectivity index (χ0n) is 11.4. The van der Waals surface area contributed by atoms with E-state index in [1.54, 1.807) is 24.3 Å². The Bertz CT molecular complexity index is 614. The van der Waals surface area contributed by atoms with Crippen LogP contribution in [0.15, 0.2) is 24.3 Å². The van der Waals surface area contributed by atoms with E-state index < -0.39 is 15.6 Å². The molecule has 0 radical (unpaired) electrons. The molecule has 1 heterocycles. The van der Waals surface area contributed by atoms with Crippen LogP contribution in [0.1, 0.15) is 30.9 Å². The summed E-state index contributed by atoms with van der Waals surface area (Å²) < 4.78 is 32.3. The van der Waals surface area contributed by atoms with Crippen molar-refractivity contribution in [3.63, 3.8) is 0 Å². The molecule has 0 saturated carbocycles. The van der Waals surface area contributed by atoms with Crippen LogP contribution in [0, 0.1) is 11.3 Å². The molecule has 1 unspecified atom stereocenters. The number of ether oxygens (including phenoxy) is 1. The fourth-order valence-corrected chi connectivity index (χ4v) is 3.54. The second-order valence-corrected chi connectivity index (χ2v) is 7.06. The average molecular weight is 294 g/mol. The molecule has 0 amide bonds. The van der Waals surface area contributed by atoms with Crippen LogP contribution in [0.5, 0.6) is 0 Å². The van der Waals surface area contributed by atoms with Gasteiger partial charge in [0.05, 0.1) is 23.0 Å². The zero-order valence-corrected chi connectivity index (χ0v) is 12.2. The minimum absolute atomic E-state index is 0.188. The molecule has 0 bridgehead atoms. The van der Waals surface area contributed by atoms with Crippen molar-refractivity contribution in [1.82, 2.24) is 4.72 Å². The van der Waals surface area contributed by atoms with Crippen molar-refractivity contribution in [2.24, 2.45) is 0 Å². The minimum atomic E-state index is -3.47. The van der Waals surface area contributed by atoms with Gasteiger partial charge < -0.3 is 4.74 Å². The highest BCUT2D eigenvalue weighted by Crippen LogP contribution is 2.24. The third-order valence-corrected chi connectivity index (χ3v) is 4.73. The van der Waals surface area contributed by atoms with Crippen LogP contribution in [0.25, 0.3) is 0 Å². The Morgan fingerprint density at radius 2 is 2.20 bits per heavy atom. The maximum absolute atomic E-state index is 12.1. The molecule has 1 fully saturated rings. The summed E-state index contributed by atoms with van der Waals surface area (Å²) in [4.78, 5) is 0. The molecule has 2 rings (SSSR count). The Balaban J connectivity index is 2.02. The molecule has 1 aromatic carbocycles. The van der Waals surface area contributed by atoms with Gasteiger partial charge in [-0.15, -0.1) is 0 Å². The number of nitrogens with zero attached hydrogens (tertiary/aromatic N) is 1. The summed E-state index contributed by atoms with van der Waals surface area (Å²) in [6, 6.07) is 8.73. The molecule has 6 heteroatoms. The molecule has 1 atom stereocenters. The fourth-order valence-electron chi connectivity index (χ4n) is 2.25. The van der Waals surface area contributed by atoms with E-state index in [0.717, 1.165) is 12.8 Å². The van der Waals surface area contributed by atoms with Crippen molar-refractivity contribution in [2.45, 2.75) is 31.1 Å². The summed E-state index contributed by atoms with van der Waals surface area (Å²) in [6.45, 7) is 2.85. The minimum Gasteiger partial charge on any atom is -0.374 e. The topological polar surface area (TPSA) is 79.2 Å². The Kier molecular flexibility index (Phi) is 4.43. The highest BCUT2D eigenvalue weighted by atomic mass is 32.2. The van der Waals surface area contributed by atoms with Gasteiger partial charge >= 0.3 is 0 Å². The number of sulfonamides is 1. The van der Waals surface area contributed by atoms with Crippen LogP contribution in [0.3, 0.4) is 0 Å². The maximum atomic E-state index is 12.1. The van der Waals surface area contributed by atoms with E-state index in [0.29, 0.717) is 17.7 Å². The van der Waals surface area contributed by atoms with Crippen molar-refractivity contribution >= 4 is 10.0 Å². The quantitative estimate of drug-likeness (QED) is 0.893. The number of benzene rings is 1. The second-order valence-electron chi connectivity index (χ2n) is 5.25. The molecule has 1 saturated heterocycles. The Hall–Kier alpha value is -1.42. The summed E-state index contributed by atoms with van der Waals surface area (Å²) in [5.41, 5.74) is 0.489. The van der Waals surface area contributed by atoms with E-state index in [-0.39, 0.29) is 12.3 Å². The van der Waals surface area contributed by atoms with Crippen molar-refractivity contribution in [1.29, 1.82) is 5.26 Å². The number of nitriles is 1. The van der Waals surface area contributed by atoms with Gasteiger partial charge in [-0.05, 0) is 31.4 Å². The van der Waals surface area contributed by atoms with Crippen molar-refractivity contribution < 1.29 is 13.2 Å². The molecule has 108 valence electrons. The Morgan fingerprint density at radius 1 is 1.45 bits per heavy atom. The summed E-state index contributed by atoms with van der Waals surface area (Å²) in [5.74, 6) is -0.188. The van der Waals surface area contributed by atoms with E-state index >= 15 is 0 Å². The predicted molar refractivity (Wildman–Crippen MR) is 75.4 cm³/mol. The summed E-state index contributed by atoms with van der Waals surface area (Å²) in [5, 5.41) is 8.97. The number of nitrogens with one attached hydrogen (secondary N) is 1. The van der Waals surface area contributed by atoms with Crippen molar-refractivity contribution in [2.75, 3.05) is 13.2 Å². The largest absolute Gasteiger partial charge is 0.374 e. The third-order valence-electron chi connectivity index (χ3n) is 3.45. The third kappa shape index (κ3) is 3.79. The monoisotopic (exact) mass is 294 g/mol. The average Bonchev–Trinajstić information content (AvgIpc) is 2.85. The zero-order chi connectivity index (χ0) is 14.6. The number of hydrogen-bond donors (Lipinski definition) is 1. The van der Waals surface area contributed by atoms with Crippen LogP contribution >= 0.6 is 0 Å². The smallest absolute Gasteiger partial charge is 0.215 e. The molecule has 0 aromatic heterocycles. The Labute approximate surface area is 119 Å². The molecular weight excluding hydrogens is 276 g/mol. The van der Waals surface area contributed by atoms with E-state index in [1.807, 2.05) is 13.0 Å². The molecule has 1 aromatic rings. The fraction of sp³-hybridized carbons (Fsp3) is 0.500. The van der Waals surface area contributed by atoms with Gasteiger partial charge in [0.1, 0.15) is 0 Å². The summed E-state index contributed by atoms with van der Waals surface area (Å²) >= 11 is 0. The lowest BCUT2D eigenvalue weighted by molar-refractivity contribution is 0.0250. The first-order valence-corrected chi connectivity index (χ1v) is 8.19. The van der Waals surface area contributed by atoms with Gasteiger partial charge in [-0.1, -0.05) is 18.2 Å². The van der Waals surface area contributed by atoms with Gasteiger partial charge in [0.15, 0.2) is 0 Å². The van der Waals surface area contributed by atoms with Crippen LogP contribution in [-0.4, -0.2) is 27.2 Å². The molecule has 5 nitrogen and oxygen atoms in total. The van der Waals surface area contributed by atoms with Crippen LogP contribution in [-0.2, 0) is 20.5 Å². The predicted octanol–water partition coefficient (Wildman–Crippen LogP) is 1.55. The van der Waals surface area contributed by atoms with Gasteiger partial charge in [0, 0.05) is 13.2 Å². The first-order chi connectivity index (χ1) is 9.44. The maximum Gasteiger partial charge on any atom is 0.215 e. The van der Waals surface area contributed by atoms with Gasteiger partial charge in [-0.2, -0.15) is 5.26 Å². The second kappa shape index (κ2) is 5.92. The molecule has 0 spiro atoms.